The second kappa shape index (κ2) is 11.8. The SMILES string of the molecule is CC(Oc1ccc(Oc2ccc(Br)cc2Cl)cc1)C(=O)O.CCNCC. The molecule has 1 atom stereocenters. The molecular formula is C19H23BrClNO4. The van der Waals surface area contributed by atoms with E-state index in [1.807, 2.05) is 6.07 Å². The van der Waals surface area contributed by atoms with Gasteiger partial charge >= 0.3 is 5.97 Å². The van der Waals surface area contributed by atoms with Crippen LogP contribution in [-0.4, -0.2) is 30.3 Å². The Labute approximate surface area is 167 Å². The fourth-order valence-corrected chi connectivity index (χ4v) is 2.49. The monoisotopic (exact) mass is 443 g/mol. The molecule has 0 radical (unpaired) electrons. The first kappa shape index (κ1) is 22.3. The fraction of sp³-hybridized carbons (Fsp3) is 0.316. The first-order chi connectivity index (χ1) is 12.4. The van der Waals surface area contributed by atoms with Crippen molar-refractivity contribution < 1.29 is 19.4 Å². The van der Waals surface area contributed by atoms with Crippen LogP contribution in [0.3, 0.4) is 0 Å². The van der Waals surface area contributed by atoms with Gasteiger partial charge in [-0.25, -0.2) is 4.79 Å². The maximum Gasteiger partial charge on any atom is 0.344 e. The van der Waals surface area contributed by atoms with Crippen molar-refractivity contribution in [2.45, 2.75) is 26.9 Å². The molecule has 5 nitrogen and oxygen atoms in total. The van der Waals surface area contributed by atoms with Crippen LogP contribution >= 0.6 is 27.5 Å². The molecule has 7 heteroatoms. The molecule has 1 unspecified atom stereocenters. The van der Waals surface area contributed by atoms with Crippen LogP contribution in [0.1, 0.15) is 20.8 Å². The van der Waals surface area contributed by atoms with Crippen molar-refractivity contribution in [3.63, 3.8) is 0 Å². The zero-order chi connectivity index (χ0) is 19.5. The molecule has 0 aliphatic heterocycles. The smallest absolute Gasteiger partial charge is 0.344 e. The normalized spacial score (nSPS) is 11.1. The van der Waals surface area contributed by atoms with Crippen LogP contribution in [0.2, 0.25) is 5.02 Å². The molecule has 2 N–H and O–H groups in total. The van der Waals surface area contributed by atoms with Crippen LogP contribution in [0.25, 0.3) is 0 Å². The Morgan fingerprint density at radius 3 is 2.19 bits per heavy atom. The molecule has 0 aliphatic carbocycles. The van der Waals surface area contributed by atoms with Gasteiger partial charge in [0.25, 0.3) is 0 Å². The lowest BCUT2D eigenvalue weighted by Gasteiger charge is -2.11. The summed E-state index contributed by atoms with van der Waals surface area (Å²) < 4.78 is 11.7. The van der Waals surface area contributed by atoms with Gasteiger partial charge in [-0.1, -0.05) is 41.4 Å². The van der Waals surface area contributed by atoms with E-state index in [1.165, 1.54) is 6.92 Å². The van der Waals surface area contributed by atoms with Crippen LogP contribution in [0, 0.1) is 0 Å². The molecule has 2 aromatic carbocycles. The average Bonchev–Trinajstić information content (AvgIpc) is 2.60. The van der Waals surface area contributed by atoms with E-state index in [9.17, 15) is 4.79 Å². The third-order valence-electron chi connectivity index (χ3n) is 3.11. The highest BCUT2D eigenvalue weighted by molar-refractivity contribution is 9.10. The van der Waals surface area contributed by atoms with Crippen molar-refractivity contribution in [2.75, 3.05) is 13.1 Å². The molecule has 0 aromatic heterocycles. The van der Waals surface area contributed by atoms with Crippen LogP contribution < -0.4 is 14.8 Å². The Bertz CT molecular complexity index is 692. The van der Waals surface area contributed by atoms with E-state index in [0.717, 1.165) is 17.6 Å². The topological polar surface area (TPSA) is 67.8 Å². The highest BCUT2D eigenvalue weighted by Crippen LogP contribution is 2.32. The molecule has 0 saturated heterocycles. The van der Waals surface area contributed by atoms with Gasteiger partial charge in [-0.15, -0.1) is 0 Å². The van der Waals surface area contributed by atoms with E-state index in [-0.39, 0.29) is 0 Å². The number of nitrogens with one attached hydrogen (secondary N) is 1. The Morgan fingerprint density at radius 1 is 1.15 bits per heavy atom. The van der Waals surface area contributed by atoms with Gasteiger partial charge < -0.3 is 19.9 Å². The molecule has 2 aromatic rings. The summed E-state index contributed by atoms with van der Waals surface area (Å²) in [4.78, 5) is 10.7. The number of ether oxygens (including phenoxy) is 2. The van der Waals surface area contributed by atoms with Crippen molar-refractivity contribution in [1.82, 2.24) is 5.32 Å². The highest BCUT2D eigenvalue weighted by Gasteiger charge is 2.12. The predicted molar refractivity (Wildman–Crippen MR) is 108 cm³/mol. The molecule has 26 heavy (non-hydrogen) atoms. The minimum absolute atomic E-state index is 0.458. The van der Waals surface area contributed by atoms with Gasteiger partial charge in [0.1, 0.15) is 17.2 Å². The number of benzene rings is 2. The summed E-state index contributed by atoms with van der Waals surface area (Å²) >= 11 is 9.39. The van der Waals surface area contributed by atoms with Gasteiger partial charge in [0.05, 0.1) is 5.02 Å². The molecule has 0 saturated carbocycles. The summed E-state index contributed by atoms with van der Waals surface area (Å²) in [5.41, 5.74) is 0. The Hall–Kier alpha value is -1.76. The van der Waals surface area contributed by atoms with Crippen LogP contribution in [-0.2, 0) is 4.79 Å². The van der Waals surface area contributed by atoms with E-state index in [1.54, 1.807) is 36.4 Å². The number of hydrogen-bond acceptors (Lipinski definition) is 4. The average molecular weight is 445 g/mol. The lowest BCUT2D eigenvalue weighted by atomic mass is 10.3. The molecule has 0 spiro atoms. The van der Waals surface area contributed by atoms with Crippen molar-refractivity contribution in [3.8, 4) is 17.2 Å². The van der Waals surface area contributed by atoms with Gasteiger partial charge in [-0.05, 0) is 62.5 Å². The lowest BCUT2D eigenvalue weighted by molar-refractivity contribution is -0.144. The molecule has 142 valence electrons. The van der Waals surface area contributed by atoms with Crippen molar-refractivity contribution >= 4 is 33.5 Å². The Morgan fingerprint density at radius 2 is 1.73 bits per heavy atom. The zero-order valence-corrected chi connectivity index (χ0v) is 17.3. The van der Waals surface area contributed by atoms with Crippen molar-refractivity contribution in [3.05, 3.63) is 52.0 Å². The molecule has 0 aliphatic rings. The standard InChI is InChI=1S/C15H12BrClO4.C4H11N/c1-9(15(18)19)20-11-3-5-12(6-4-11)21-14-7-2-10(16)8-13(14)17;1-3-5-4-2/h2-9H,1H3,(H,18,19);5H,3-4H2,1-2H3. The number of carbonyl (C=O) groups is 1. The highest BCUT2D eigenvalue weighted by atomic mass is 79.9. The molecular weight excluding hydrogens is 422 g/mol. The third kappa shape index (κ3) is 8.08. The zero-order valence-electron chi connectivity index (χ0n) is 15.0. The van der Waals surface area contributed by atoms with Gasteiger partial charge in [-0.2, -0.15) is 0 Å². The number of hydrogen-bond donors (Lipinski definition) is 2. The maximum atomic E-state index is 10.7. The first-order valence-corrected chi connectivity index (χ1v) is 9.37. The van der Waals surface area contributed by atoms with E-state index in [2.05, 4.69) is 35.1 Å². The second-order valence-electron chi connectivity index (χ2n) is 5.20. The van der Waals surface area contributed by atoms with Crippen LogP contribution in [0.4, 0.5) is 0 Å². The number of aliphatic carboxylic acids is 1. The van der Waals surface area contributed by atoms with E-state index >= 15 is 0 Å². The van der Waals surface area contributed by atoms with E-state index in [4.69, 9.17) is 26.2 Å². The van der Waals surface area contributed by atoms with Gasteiger partial charge in [0, 0.05) is 4.47 Å². The molecule has 2 rings (SSSR count). The summed E-state index contributed by atoms with van der Waals surface area (Å²) in [6, 6.07) is 12.0. The Kier molecular flexibility index (Phi) is 10.1. The predicted octanol–water partition coefficient (Wildman–Crippen LogP) is 5.36. The van der Waals surface area contributed by atoms with Gasteiger partial charge in [-0.3, -0.25) is 0 Å². The quantitative estimate of drug-likeness (QED) is 0.601. The Balaban J connectivity index is 0.000000597. The van der Waals surface area contributed by atoms with Crippen LogP contribution in [0.15, 0.2) is 46.9 Å². The second-order valence-corrected chi connectivity index (χ2v) is 6.53. The number of halogens is 2. The van der Waals surface area contributed by atoms with Gasteiger partial charge in [0.15, 0.2) is 6.10 Å². The number of carboxylic acid groups (broad SMARTS) is 1. The lowest BCUT2D eigenvalue weighted by Crippen LogP contribution is -2.22. The molecule has 0 fully saturated rings. The maximum absolute atomic E-state index is 10.7. The van der Waals surface area contributed by atoms with Gasteiger partial charge in [0.2, 0.25) is 0 Å². The molecule has 0 heterocycles. The number of rotatable bonds is 7. The largest absolute Gasteiger partial charge is 0.479 e. The molecule has 0 bridgehead atoms. The van der Waals surface area contributed by atoms with E-state index in [0.29, 0.717) is 22.3 Å². The summed E-state index contributed by atoms with van der Waals surface area (Å²) in [5.74, 6) is 0.554. The summed E-state index contributed by atoms with van der Waals surface area (Å²) in [6.07, 6.45) is -0.905. The van der Waals surface area contributed by atoms with Crippen molar-refractivity contribution in [1.29, 1.82) is 0 Å². The summed E-state index contributed by atoms with van der Waals surface area (Å²) in [5, 5.41) is 12.4. The fourth-order valence-electron chi connectivity index (χ4n) is 1.78. The van der Waals surface area contributed by atoms with E-state index < -0.39 is 12.1 Å². The third-order valence-corrected chi connectivity index (χ3v) is 3.89. The first-order valence-electron chi connectivity index (χ1n) is 8.20. The number of carboxylic acids is 1. The van der Waals surface area contributed by atoms with Crippen LogP contribution in [0.5, 0.6) is 17.2 Å². The molecule has 0 amide bonds. The minimum Gasteiger partial charge on any atom is -0.479 e. The summed E-state index contributed by atoms with van der Waals surface area (Å²) in [6.45, 7) is 7.86. The van der Waals surface area contributed by atoms with Crippen molar-refractivity contribution in [2.24, 2.45) is 0 Å². The summed E-state index contributed by atoms with van der Waals surface area (Å²) in [7, 11) is 0. The minimum atomic E-state index is -1.02.